The van der Waals surface area contributed by atoms with Crippen LogP contribution in [0.2, 0.25) is 0 Å². The van der Waals surface area contributed by atoms with Crippen LogP contribution in [0.15, 0.2) is 4.99 Å². The molecule has 152 valence electrons. The summed E-state index contributed by atoms with van der Waals surface area (Å²) in [6.07, 6.45) is 6.75. The summed E-state index contributed by atoms with van der Waals surface area (Å²) in [5.41, 5.74) is 0. The van der Waals surface area contributed by atoms with Gasteiger partial charge in [0, 0.05) is 45.9 Å². The number of carbonyl (C=O) groups excluding carboxylic acids is 1. The molecule has 0 aromatic heterocycles. The van der Waals surface area contributed by atoms with Gasteiger partial charge in [-0.3, -0.25) is 4.79 Å². The fraction of sp³-hybridized carbons (Fsp3) is 0.889. The van der Waals surface area contributed by atoms with Crippen LogP contribution in [0.4, 0.5) is 0 Å². The zero-order valence-electron chi connectivity index (χ0n) is 16.3. The molecule has 1 aliphatic carbocycles. The van der Waals surface area contributed by atoms with Gasteiger partial charge in [-0.15, -0.1) is 24.0 Å². The number of carbonyl (C=O) groups is 1. The summed E-state index contributed by atoms with van der Waals surface area (Å²) in [6.45, 7) is 7.48. The molecule has 0 spiro atoms. The third kappa shape index (κ3) is 8.85. The van der Waals surface area contributed by atoms with E-state index in [1.807, 2.05) is 6.92 Å². The number of halogens is 1. The number of guanidine groups is 1. The largest absolute Gasteiger partial charge is 0.383 e. The minimum absolute atomic E-state index is 0. The summed E-state index contributed by atoms with van der Waals surface area (Å²) >= 11 is 0. The lowest BCUT2D eigenvalue weighted by molar-refractivity contribution is -0.119. The predicted octanol–water partition coefficient (Wildman–Crippen LogP) is 1.19. The lowest BCUT2D eigenvalue weighted by Crippen LogP contribution is -2.45. The Morgan fingerprint density at radius 3 is 2.69 bits per heavy atom. The van der Waals surface area contributed by atoms with E-state index in [-0.39, 0.29) is 36.4 Å². The van der Waals surface area contributed by atoms with E-state index in [2.05, 4.69) is 25.8 Å². The molecule has 0 bridgehead atoms. The first kappa shape index (κ1) is 23.4. The Hall–Kier alpha value is -0.610. The maximum atomic E-state index is 11.8. The fourth-order valence-corrected chi connectivity index (χ4v) is 3.69. The first-order valence-electron chi connectivity index (χ1n) is 9.74. The molecule has 0 aromatic rings. The molecule has 1 saturated carbocycles. The number of amides is 1. The third-order valence-electron chi connectivity index (χ3n) is 4.96. The van der Waals surface area contributed by atoms with Crippen molar-refractivity contribution in [1.82, 2.24) is 20.9 Å². The Bertz CT molecular complexity index is 430. The number of rotatable bonds is 9. The molecule has 2 aliphatic rings. The van der Waals surface area contributed by atoms with Gasteiger partial charge in [0.15, 0.2) is 5.96 Å². The van der Waals surface area contributed by atoms with Crippen LogP contribution in [0.5, 0.6) is 0 Å². The maximum absolute atomic E-state index is 11.8. The van der Waals surface area contributed by atoms with Crippen LogP contribution >= 0.6 is 24.0 Å². The Morgan fingerprint density at radius 2 is 2.00 bits per heavy atom. The van der Waals surface area contributed by atoms with E-state index >= 15 is 0 Å². The monoisotopic (exact) mass is 481 g/mol. The normalized spacial score (nSPS) is 21.5. The van der Waals surface area contributed by atoms with Gasteiger partial charge in [-0.1, -0.05) is 12.8 Å². The van der Waals surface area contributed by atoms with Crippen LogP contribution in [-0.4, -0.2) is 75.8 Å². The molecule has 26 heavy (non-hydrogen) atoms. The maximum Gasteiger partial charge on any atom is 0.241 e. The molecule has 7 nitrogen and oxygen atoms in total. The van der Waals surface area contributed by atoms with Crippen molar-refractivity contribution in [3.8, 4) is 0 Å². The highest BCUT2D eigenvalue weighted by Crippen LogP contribution is 2.26. The summed E-state index contributed by atoms with van der Waals surface area (Å²) in [6, 6.07) is 0.413. The van der Waals surface area contributed by atoms with Gasteiger partial charge in [-0.25, -0.2) is 4.99 Å². The molecule has 0 radical (unpaired) electrons. The topological polar surface area (TPSA) is 78.0 Å². The summed E-state index contributed by atoms with van der Waals surface area (Å²) in [4.78, 5) is 18.8. The Balaban J connectivity index is 0.00000338. The fourth-order valence-electron chi connectivity index (χ4n) is 3.69. The molecule has 1 aliphatic heterocycles. The minimum atomic E-state index is -0.0801. The highest BCUT2D eigenvalue weighted by atomic mass is 127. The van der Waals surface area contributed by atoms with Crippen LogP contribution in [0, 0.1) is 5.92 Å². The third-order valence-corrected chi connectivity index (χ3v) is 4.96. The average molecular weight is 481 g/mol. The molecule has 2 fully saturated rings. The molecule has 1 unspecified atom stereocenters. The van der Waals surface area contributed by atoms with Crippen molar-refractivity contribution in [3.05, 3.63) is 0 Å². The van der Waals surface area contributed by atoms with E-state index in [1.165, 1.54) is 32.2 Å². The molecule has 1 heterocycles. The van der Waals surface area contributed by atoms with Crippen molar-refractivity contribution in [2.24, 2.45) is 10.9 Å². The Labute approximate surface area is 175 Å². The number of methoxy groups -OCH3 is 1. The van der Waals surface area contributed by atoms with Crippen molar-refractivity contribution < 1.29 is 9.53 Å². The van der Waals surface area contributed by atoms with E-state index in [0.717, 1.165) is 37.9 Å². The number of likely N-dealkylation sites (tertiary alicyclic amines) is 1. The molecule has 1 atom stereocenters. The molecular weight excluding hydrogens is 445 g/mol. The molecule has 0 aromatic carbocycles. The van der Waals surface area contributed by atoms with Crippen LogP contribution in [0.25, 0.3) is 0 Å². The van der Waals surface area contributed by atoms with Gasteiger partial charge in [0.25, 0.3) is 0 Å². The molecular formula is C18H36IN5O2. The zero-order chi connectivity index (χ0) is 17.9. The second kappa shape index (κ2) is 13.5. The number of nitrogens with one attached hydrogen (secondary N) is 3. The van der Waals surface area contributed by atoms with Gasteiger partial charge in [0.05, 0.1) is 6.61 Å². The first-order chi connectivity index (χ1) is 12.2. The van der Waals surface area contributed by atoms with E-state index in [0.29, 0.717) is 19.2 Å². The van der Waals surface area contributed by atoms with Gasteiger partial charge in [-0.05, 0) is 32.1 Å². The number of hydrogen-bond acceptors (Lipinski definition) is 4. The van der Waals surface area contributed by atoms with Crippen molar-refractivity contribution in [1.29, 1.82) is 0 Å². The smallest absolute Gasteiger partial charge is 0.241 e. The van der Waals surface area contributed by atoms with Crippen molar-refractivity contribution in [2.75, 3.05) is 53.0 Å². The molecule has 2 rings (SSSR count). The predicted molar refractivity (Wildman–Crippen MR) is 116 cm³/mol. The van der Waals surface area contributed by atoms with Gasteiger partial charge in [-0.2, -0.15) is 0 Å². The van der Waals surface area contributed by atoms with Gasteiger partial charge in [0.2, 0.25) is 5.91 Å². The number of hydrogen-bond donors (Lipinski definition) is 3. The quantitative estimate of drug-likeness (QED) is 0.200. The summed E-state index contributed by atoms with van der Waals surface area (Å²) in [7, 11) is 1.62. The second-order valence-electron chi connectivity index (χ2n) is 7.08. The zero-order valence-corrected chi connectivity index (χ0v) is 18.6. The SMILES string of the molecule is CCNC(=NCC(=O)NCCOC)NC1CCN(CC2CCCC2)C1.I. The molecule has 3 N–H and O–H groups in total. The molecule has 8 heteroatoms. The second-order valence-corrected chi connectivity index (χ2v) is 7.08. The minimum Gasteiger partial charge on any atom is -0.383 e. The molecule has 1 saturated heterocycles. The van der Waals surface area contributed by atoms with Crippen molar-refractivity contribution >= 4 is 35.8 Å². The van der Waals surface area contributed by atoms with E-state index in [4.69, 9.17) is 4.74 Å². The Morgan fingerprint density at radius 1 is 1.23 bits per heavy atom. The first-order valence-corrected chi connectivity index (χ1v) is 9.74. The van der Waals surface area contributed by atoms with E-state index in [9.17, 15) is 4.79 Å². The van der Waals surface area contributed by atoms with E-state index in [1.54, 1.807) is 7.11 Å². The van der Waals surface area contributed by atoms with Crippen LogP contribution < -0.4 is 16.0 Å². The van der Waals surface area contributed by atoms with Crippen molar-refractivity contribution in [3.63, 3.8) is 0 Å². The number of aliphatic imine (C=N–C) groups is 1. The lowest BCUT2D eigenvalue weighted by Gasteiger charge is -2.21. The average Bonchev–Trinajstić information content (AvgIpc) is 3.26. The van der Waals surface area contributed by atoms with Gasteiger partial charge in [0.1, 0.15) is 6.54 Å². The summed E-state index contributed by atoms with van der Waals surface area (Å²) in [5, 5.41) is 9.51. The molecule has 1 amide bonds. The lowest BCUT2D eigenvalue weighted by atomic mass is 10.1. The summed E-state index contributed by atoms with van der Waals surface area (Å²) < 4.78 is 4.92. The Kier molecular flexibility index (Phi) is 12.2. The van der Waals surface area contributed by atoms with Crippen molar-refractivity contribution in [2.45, 2.75) is 45.1 Å². The van der Waals surface area contributed by atoms with Gasteiger partial charge >= 0.3 is 0 Å². The van der Waals surface area contributed by atoms with Crippen LogP contribution in [0.1, 0.15) is 39.0 Å². The number of nitrogens with zero attached hydrogens (tertiary/aromatic N) is 2. The summed E-state index contributed by atoms with van der Waals surface area (Å²) in [5.74, 6) is 1.55. The highest BCUT2D eigenvalue weighted by Gasteiger charge is 2.26. The van der Waals surface area contributed by atoms with Crippen LogP contribution in [-0.2, 0) is 9.53 Å². The standard InChI is InChI=1S/C18H35N5O2.HI/c1-3-19-18(21-12-17(24)20-9-11-25-2)22-16-8-10-23(14-16)13-15-6-4-5-7-15;/h15-16H,3-14H2,1-2H3,(H,20,24)(H2,19,21,22);1H. The van der Waals surface area contributed by atoms with E-state index < -0.39 is 0 Å². The highest BCUT2D eigenvalue weighted by molar-refractivity contribution is 14.0. The van der Waals surface area contributed by atoms with Crippen LogP contribution in [0.3, 0.4) is 0 Å². The van der Waals surface area contributed by atoms with Gasteiger partial charge < -0.3 is 25.6 Å². The number of ether oxygens (including phenoxy) is 1.